The van der Waals surface area contributed by atoms with Crippen molar-refractivity contribution < 1.29 is 14.3 Å². The Bertz CT molecular complexity index is 164. The molecule has 0 rings (SSSR count). The Labute approximate surface area is 90.5 Å². The monoisotopic (exact) mass is 221 g/mol. The fraction of sp³-hybridized carbons (Fsp3) is 0.889. The topological polar surface area (TPSA) is 61.5 Å². The standard InChI is InChI=1S/C9H19NO3S/c1-7(2)5-12-3-4-13-9(11)8(10)6-14/h7-8,14H,3-6,10H2,1-2H3/t8-/m0/s1. The van der Waals surface area contributed by atoms with Crippen molar-refractivity contribution in [3.63, 3.8) is 0 Å². The Kier molecular flexibility index (Phi) is 7.93. The molecule has 1 atom stereocenters. The van der Waals surface area contributed by atoms with Gasteiger partial charge in [0.2, 0.25) is 0 Å². The first kappa shape index (κ1) is 13.7. The highest BCUT2D eigenvalue weighted by Crippen LogP contribution is 1.93. The molecule has 0 aromatic carbocycles. The van der Waals surface area contributed by atoms with E-state index >= 15 is 0 Å². The van der Waals surface area contributed by atoms with E-state index in [0.29, 0.717) is 24.9 Å². The van der Waals surface area contributed by atoms with E-state index in [0.717, 1.165) is 0 Å². The SMILES string of the molecule is CC(C)COCCOC(=O)[C@@H](N)CS. The van der Waals surface area contributed by atoms with Gasteiger partial charge in [0, 0.05) is 12.4 Å². The van der Waals surface area contributed by atoms with Crippen molar-refractivity contribution in [3.8, 4) is 0 Å². The molecule has 0 amide bonds. The van der Waals surface area contributed by atoms with Crippen molar-refractivity contribution in [2.24, 2.45) is 11.7 Å². The fourth-order valence-corrected chi connectivity index (χ4v) is 0.851. The molecule has 0 saturated heterocycles. The molecule has 2 N–H and O–H groups in total. The lowest BCUT2D eigenvalue weighted by Gasteiger charge is -2.10. The van der Waals surface area contributed by atoms with Gasteiger partial charge in [-0.2, -0.15) is 12.6 Å². The van der Waals surface area contributed by atoms with Crippen molar-refractivity contribution in [2.45, 2.75) is 19.9 Å². The third kappa shape index (κ3) is 7.17. The number of rotatable bonds is 7. The van der Waals surface area contributed by atoms with Crippen LogP contribution in [0.3, 0.4) is 0 Å². The zero-order chi connectivity index (χ0) is 11.0. The van der Waals surface area contributed by atoms with Crippen molar-refractivity contribution in [3.05, 3.63) is 0 Å². The maximum atomic E-state index is 11.0. The summed E-state index contributed by atoms with van der Waals surface area (Å²) in [4.78, 5) is 11.0. The second-order valence-electron chi connectivity index (χ2n) is 3.43. The van der Waals surface area contributed by atoms with Crippen LogP contribution in [0.25, 0.3) is 0 Å². The largest absolute Gasteiger partial charge is 0.462 e. The molecule has 0 saturated carbocycles. The summed E-state index contributed by atoms with van der Waals surface area (Å²) >= 11 is 3.89. The molecular weight excluding hydrogens is 202 g/mol. The number of hydrogen-bond acceptors (Lipinski definition) is 5. The minimum absolute atomic E-state index is 0.257. The van der Waals surface area contributed by atoms with Crippen LogP contribution in [0.5, 0.6) is 0 Å². The predicted octanol–water partition coefficient (Wildman–Crippen LogP) is 0.459. The molecule has 0 aromatic rings. The second kappa shape index (κ2) is 8.08. The van der Waals surface area contributed by atoms with Crippen LogP contribution >= 0.6 is 12.6 Å². The molecule has 0 aliphatic heterocycles. The van der Waals surface area contributed by atoms with Gasteiger partial charge in [-0.15, -0.1) is 0 Å². The summed E-state index contributed by atoms with van der Waals surface area (Å²) in [6.07, 6.45) is 0. The number of nitrogens with two attached hydrogens (primary N) is 1. The van der Waals surface area contributed by atoms with Crippen LogP contribution in [0.1, 0.15) is 13.8 Å². The van der Waals surface area contributed by atoms with Crippen LogP contribution in [0, 0.1) is 5.92 Å². The fourth-order valence-electron chi connectivity index (χ4n) is 0.702. The summed E-state index contributed by atoms with van der Waals surface area (Å²) in [7, 11) is 0. The van der Waals surface area contributed by atoms with E-state index in [2.05, 4.69) is 26.5 Å². The number of carbonyl (C=O) groups is 1. The Balaban J connectivity index is 3.32. The average molecular weight is 221 g/mol. The number of hydrogen-bond donors (Lipinski definition) is 2. The van der Waals surface area contributed by atoms with Crippen LogP contribution in [0.4, 0.5) is 0 Å². The highest BCUT2D eigenvalue weighted by Gasteiger charge is 2.12. The van der Waals surface area contributed by atoms with Gasteiger partial charge in [0.05, 0.1) is 6.61 Å². The van der Waals surface area contributed by atoms with Gasteiger partial charge in [0.1, 0.15) is 12.6 Å². The van der Waals surface area contributed by atoms with Gasteiger partial charge in [0.25, 0.3) is 0 Å². The molecule has 5 heteroatoms. The molecule has 0 aliphatic carbocycles. The Morgan fingerprint density at radius 2 is 2.07 bits per heavy atom. The smallest absolute Gasteiger partial charge is 0.323 e. The van der Waals surface area contributed by atoms with Crippen LogP contribution in [-0.4, -0.2) is 37.6 Å². The zero-order valence-corrected chi connectivity index (χ0v) is 9.63. The quantitative estimate of drug-likeness (QED) is 0.372. The summed E-state index contributed by atoms with van der Waals surface area (Å²) in [5.41, 5.74) is 5.39. The normalized spacial score (nSPS) is 12.9. The van der Waals surface area contributed by atoms with Gasteiger partial charge < -0.3 is 15.2 Å². The van der Waals surface area contributed by atoms with Gasteiger partial charge in [-0.25, -0.2) is 0 Å². The summed E-state index contributed by atoms with van der Waals surface area (Å²) in [6, 6.07) is -0.636. The van der Waals surface area contributed by atoms with Crippen LogP contribution < -0.4 is 5.73 Å². The van der Waals surface area contributed by atoms with Crippen LogP contribution in [0.15, 0.2) is 0 Å². The second-order valence-corrected chi connectivity index (χ2v) is 3.79. The molecule has 0 bridgehead atoms. The molecule has 84 valence electrons. The van der Waals surface area contributed by atoms with E-state index in [9.17, 15) is 4.79 Å². The minimum Gasteiger partial charge on any atom is -0.462 e. The third-order valence-electron chi connectivity index (χ3n) is 1.42. The first-order chi connectivity index (χ1) is 6.57. The minimum atomic E-state index is -0.636. The summed E-state index contributed by atoms with van der Waals surface area (Å²) in [5, 5.41) is 0. The Morgan fingerprint density at radius 3 is 2.57 bits per heavy atom. The molecular formula is C9H19NO3S. The molecule has 0 aromatic heterocycles. The van der Waals surface area contributed by atoms with Gasteiger partial charge in [-0.3, -0.25) is 4.79 Å². The Hall–Kier alpha value is -0.260. The van der Waals surface area contributed by atoms with Gasteiger partial charge in [-0.05, 0) is 5.92 Å². The van der Waals surface area contributed by atoms with Crippen molar-refractivity contribution in [1.82, 2.24) is 0 Å². The maximum absolute atomic E-state index is 11.0. The number of thiol groups is 1. The first-order valence-electron chi connectivity index (χ1n) is 4.68. The van der Waals surface area contributed by atoms with E-state index in [1.165, 1.54) is 0 Å². The third-order valence-corrected chi connectivity index (χ3v) is 1.82. The molecule has 4 nitrogen and oxygen atoms in total. The highest BCUT2D eigenvalue weighted by molar-refractivity contribution is 7.80. The van der Waals surface area contributed by atoms with Gasteiger partial charge >= 0.3 is 5.97 Å². The van der Waals surface area contributed by atoms with E-state index in [1.807, 2.05) is 0 Å². The molecule has 0 aliphatic rings. The van der Waals surface area contributed by atoms with Crippen LogP contribution in [0.2, 0.25) is 0 Å². The lowest BCUT2D eigenvalue weighted by atomic mass is 10.2. The Morgan fingerprint density at radius 1 is 1.43 bits per heavy atom. The average Bonchev–Trinajstić information content (AvgIpc) is 2.15. The summed E-state index contributed by atoms with van der Waals surface area (Å²) in [6.45, 7) is 5.47. The number of esters is 1. The molecule has 14 heavy (non-hydrogen) atoms. The lowest BCUT2D eigenvalue weighted by molar-refractivity contribution is -0.146. The number of ether oxygens (including phenoxy) is 2. The van der Waals surface area contributed by atoms with Crippen molar-refractivity contribution >= 4 is 18.6 Å². The lowest BCUT2D eigenvalue weighted by Crippen LogP contribution is -2.34. The van der Waals surface area contributed by atoms with Gasteiger partial charge in [0.15, 0.2) is 0 Å². The summed E-state index contributed by atoms with van der Waals surface area (Å²) < 4.78 is 10.1. The zero-order valence-electron chi connectivity index (χ0n) is 8.73. The number of carbonyl (C=O) groups excluding carboxylic acids is 1. The maximum Gasteiger partial charge on any atom is 0.323 e. The first-order valence-corrected chi connectivity index (χ1v) is 5.32. The highest BCUT2D eigenvalue weighted by atomic mass is 32.1. The molecule has 0 radical (unpaired) electrons. The molecule has 0 fully saturated rings. The van der Waals surface area contributed by atoms with Crippen molar-refractivity contribution in [2.75, 3.05) is 25.6 Å². The van der Waals surface area contributed by atoms with Gasteiger partial charge in [-0.1, -0.05) is 13.8 Å². The van der Waals surface area contributed by atoms with E-state index in [4.69, 9.17) is 15.2 Å². The van der Waals surface area contributed by atoms with Crippen LogP contribution in [-0.2, 0) is 14.3 Å². The van der Waals surface area contributed by atoms with E-state index in [1.54, 1.807) is 0 Å². The predicted molar refractivity (Wildman–Crippen MR) is 58.4 cm³/mol. The van der Waals surface area contributed by atoms with E-state index in [-0.39, 0.29) is 6.61 Å². The van der Waals surface area contributed by atoms with E-state index < -0.39 is 12.0 Å². The van der Waals surface area contributed by atoms with Crippen molar-refractivity contribution in [1.29, 1.82) is 0 Å². The summed E-state index contributed by atoms with van der Waals surface area (Å²) in [5.74, 6) is 0.365. The molecule has 0 unspecified atom stereocenters. The molecule has 0 spiro atoms. The molecule has 0 heterocycles.